The molecule has 1 amide bonds. The Balaban J connectivity index is 1.50. The van der Waals surface area contributed by atoms with Gasteiger partial charge >= 0.3 is 0 Å². The number of amides is 1. The second-order valence-electron chi connectivity index (χ2n) is 12.5. The molecule has 1 saturated heterocycles. The Morgan fingerprint density at radius 3 is 2.67 bits per heavy atom. The van der Waals surface area contributed by atoms with Crippen LogP contribution in [0.4, 0.5) is 0 Å². The predicted molar refractivity (Wildman–Crippen MR) is 164 cm³/mol. The molecule has 1 heterocycles. The average Bonchev–Trinajstić information content (AvgIpc) is 2.96. The second-order valence-corrected chi connectivity index (χ2v) is 12.5. The Bertz CT molecular complexity index is 1100. The molecule has 0 aromatic heterocycles. The van der Waals surface area contributed by atoms with Crippen molar-refractivity contribution in [1.29, 1.82) is 0 Å². The summed E-state index contributed by atoms with van der Waals surface area (Å²) in [7, 11) is 1.70. The summed E-state index contributed by atoms with van der Waals surface area (Å²) in [6.07, 6.45) is 9.84. The van der Waals surface area contributed by atoms with Gasteiger partial charge in [-0.15, -0.1) is 6.58 Å². The van der Waals surface area contributed by atoms with Crippen LogP contribution in [0.5, 0.6) is 5.75 Å². The van der Waals surface area contributed by atoms with Crippen LogP contribution in [0.15, 0.2) is 67.3 Å². The maximum Gasteiger partial charge on any atom is 0.222 e. The predicted octanol–water partition coefficient (Wildman–Crippen LogP) is 6.40. The van der Waals surface area contributed by atoms with E-state index in [0.29, 0.717) is 25.3 Å². The standard InChI is InChI=1S/C35H50N2O3/c1-5-22-36-23-21-34(30-16-12-17-32(24-30)40-4)25-31(19-20-35(34,39)27-36)37(26-28(2)3)33(38)18-11-7-10-15-29-13-8-6-9-14-29/h5-6,8-9,12-14,16-17,24,28,31,39H,1,7,10-11,15,18-23,25-27H2,2-4H3/t31-,34+,35+/m1/s1. The monoisotopic (exact) mass is 546 g/mol. The molecule has 2 aromatic carbocycles. The van der Waals surface area contributed by atoms with Crippen molar-refractivity contribution in [3.63, 3.8) is 0 Å². The lowest BCUT2D eigenvalue weighted by atomic mass is 9.55. The highest BCUT2D eigenvalue weighted by Gasteiger charge is 2.58. The summed E-state index contributed by atoms with van der Waals surface area (Å²) in [4.78, 5) is 18.3. The summed E-state index contributed by atoms with van der Waals surface area (Å²) in [5, 5.41) is 12.3. The third kappa shape index (κ3) is 6.98. The number of carbonyl (C=O) groups excluding carboxylic acids is 1. The van der Waals surface area contributed by atoms with E-state index in [9.17, 15) is 9.90 Å². The molecular formula is C35H50N2O3. The first-order valence-corrected chi connectivity index (χ1v) is 15.3. The molecule has 2 aromatic rings. The van der Waals surface area contributed by atoms with E-state index < -0.39 is 11.0 Å². The van der Waals surface area contributed by atoms with Crippen molar-refractivity contribution < 1.29 is 14.6 Å². The van der Waals surface area contributed by atoms with Crippen molar-refractivity contribution in [1.82, 2.24) is 9.80 Å². The molecule has 5 heteroatoms. The highest BCUT2D eigenvalue weighted by molar-refractivity contribution is 5.76. The smallest absolute Gasteiger partial charge is 0.222 e. The fraction of sp³-hybridized carbons (Fsp3) is 0.571. The van der Waals surface area contributed by atoms with E-state index in [4.69, 9.17) is 4.74 Å². The number of nitrogens with zero attached hydrogens (tertiary/aromatic N) is 2. The number of fused-ring (bicyclic) bond motifs is 1. The maximum atomic E-state index is 13.8. The number of unbranched alkanes of at least 4 members (excludes halogenated alkanes) is 2. The van der Waals surface area contributed by atoms with E-state index in [-0.39, 0.29) is 11.9 Å². The number of hydrogen-bond donors (Lipinski definition) is 1. The highest BCUT2D eigenvalue weighted by Crippen LogP contribution is 2.53. The number of likely N-dealkylation sites (tertiary alicyclic amines) is 1. The van der Waals surface area contributed by atoms with Gasteiger partial charge in [-0.1, -0.05) is 68.8 Å². The van der Waals surface area contributed by atoms with Gasteiger partial charge in [0.1, 0.15) is 5.75 Å². The van der Waals surface area contributed by atoms with Crippen LogP contribution in [0.1, 0.15) is 76.3 Å². The Labute approximate surface area is 242 Å². The van der Waals surface area contributed by atoms with Crippen molar-refractivity contribution >= 4 is 5.91 Å². The molecule has 4 rings (SSSR count). The fourth-order valence-electron chi connectivity index (χ4n) is 7.18. The first kappa shape index (κ1) is 30.3. The molecule has 1 saturated carbocycles. The quantitative estimate of drug-likeness (QED) is 0.233. The lowest BCUT2D eigenvalue weighted by Crippen LogP contribution is -2.67. The van der Waals surface area contributed by atoms with Gasteiger partial charge in [-0.3, -0.25) is 9.69 Å². The number of rotatable bonds is 13. The minimum Gasteiger partial charge on any atom is -0.497 e. The van der Waals surface area contributed by atoms with Gasteiger partial charge < -0.3 is 14.7 Å². The van der Waals surface area contributed by atoms with Gasteiger partial charge in [-0.05, 0) is 80.7 Å². The van der Waals surface area contributed by atoms with Crippen LogP contribution >= 0.6 is 0 Å². The number of carbonyl (C=O) groups is 1. The Kier molecular flexibility index (Phi) is 10.5. The number of ether oxygens (including phenoxy) is 1. The van der Waals surface area contributed by atoms with Gasteiger partial charge in [0.05, 0.1) is 12.7 Å². The summed E-state index contributed by atoms with van der Waals surface area (Å²) in [5.74, 6) is 1.48. The average molecular weight is 547 g/mol. The third-order valence-corrected chi connectivity index (χ3v) is 9.24. The molecule has 5 nitrogen and oxygen atoms in total. The Morgan fingerprint density at radius 1 is 1.15 bits per heavy atom. The van der Waals surface area contributed by atoms with E-state index in [0.717, 1.165) is 75.9 Å². The van der Waals surface area contributed by atoms with Gasteiger partial charge in [0.25, 0.3) is 0 Å². The van der Waals surface area contributed by atoms with Gasteiger partial charge in [-0.2, -0.15) is 0 Å². The van der Waals surface area contributed by atoms with E-state index in [2.05, 4.69) is 72.7 Å². The molecule has 2 aliphatic rings. The molecule has 3 atom stereocenters. The molecule has 1 aliphatic carbocycles. The molecule has 2 fully saturated rings. The highest BCUT2D eigenvalue weighted by atomic mass is 16.5. The van der Waals surface area contributed by atoms with Crippen LogP contribution in [0.25, 0.3) is 0 Å². The number of β-amino-alcohol motifs (C(OH)–C–C–N with tert-alkyl or cyclic N) is 1. The van der Waals surface area contributed by atoms with Crippen molar-refractivity contribution in [3.05, 3.63) is 78.4 Å². The molecule has 40 heavy (non-hydrogen) atoms. The molecule has 0 bridgehead atoms. The van der Waals surface area contributed by atoms with Crippen LogP contribution < -0.4 is 4.74 Å². The lowest BCUT2D eigenvalue weighted by Gasteiger charge is -2.59. The van der Waals surface area contributed by atoms with Gasteiger partial charge in [0.15, 0.2) is 0 Å². The second kappa shape index (κ2) is 13.8. The van der Waals surface area contributed by atoms with Crippen molar-refractivity contribution in [2.45, 2.75) is 88.7 Å². The van der Waals surface area contributed by atoms with E-state index in [1.807, 2.05) is 18.2 Å². The van der Waals surface area contributed by atoms with Gasteiger partial charge in [0.2, 0.25) is 5.91 Å². The number of benzene rings is 2. The first-order chi connectivity index (χ1) is 19.3. The van der Waals surface area contributed by atoms with Crippen LogP contribution in [-0.2, 0) is 16.6 Å². The zero-order valence-corrected chi connectivity index (χ0v) is 25.0. The zero-order chi connectivity index (χ0) is 28.6. The molecule has 0 unspecified atom stereocenters. The van der Waals surface area contributed by atoms with Crippen LogP contribution in [0, 0.1) is 5.92 Å². The number of aliphatic hydroxyl groups is 1. The number of hydrogen-bond acceptors (Lipinski definition) is 4. The number of piperidine rings is 1. The molecule has 1 N–H and O–H groups in total. The minimum atomic E-state index is -0.860. The minimum absolute atomic E-state index is 0.122. The summed E-state index contributed by atoms with van der Waals surface area (Å²) in [6, 6.07) is 19.0. The van der Waals surface area contributed by atoms with Crippen LogP contribution in [-0.4, -0.2) is 65.7 Å². The number of methoxy groups -OCH3 is 1. The van der Waals surface area contributed by atoms with Crippen LogP contribution in [0.2, 0.25) is 0 Å². The van der Waals surface area contributed by atoms with Crippen molar-refractivity contribution in [2.24, 2.45) is 5.92 Å². The summed E-state index contributed by atoms with van der Waals surface area (Å²) < 4.78 is 5.60. The molecule has 0 radical (unpaired) electrons. The molecule has 218 valence electrons. The topological polar surface area (TPSA) is 53.0 Å². The van der Waals surface area contributed by atoms with E-state index >= 15 is 0 Å². The van der Waals surface area contributed by atoms with Crippen molar-refractivity contribution in [3.8, 4) is 5.75 Å². The SMILES string of the molecule is C=CCN1CC[C@@]2(c3cccc(OC)c3)C[C@H](N(CC(C)C)C(=O)CCCCCc3ccccc3)CC[C@]2(O)C1. The maximum absolute atomic E-state index is 13.8. The zero-order valence-electron chi connectivity index (χ0n) is 25.0. The molecule has 0 spiro atoms. The van der Waals surface area contributed by atoms with E-state index in [1.165, 1.54) is 5.56 Å². The normalized spacial score (nSPS) is 24.9. The number of aryl methyl sites for hydroxylation is 1. The summed E-state index contributed by atoms with van der Waals surface area (Å²) in [6.45, 7) is 11.4. The molecule has 1 aliphatic heterocycles. The largest absolute Gasteiger partial charge is 0.497 e. The summed E-state index contributed by atoms with van der Waals surface area (Å²) >= 11 is 0. The third-order valence-electron chi connectivity index (χ3n) is 9.24. The summed E-state index contributed by atoms with van der Waals surface area (Å²) in [5.41, 5.74) is 1.22. The first-order valence-electron chi connectivity index (χ1n) is 15.3. The van der Waals surface area contributed by atoms with Crippen molar-refractivity contribution in [2.75, 3.05) is 33.3 Å². The van der Waals surface area contributed by atoms with Gasteiger partial charge in [-0.25, -0.2) is 0 Å². The lowest BCUT2D eigenvalue weighted by molar-refractivity contribution is -0.149. The Hall–Kier alpha value is -2.63. The van der Waals surface area contributed by atoms with Crippen LogP contribution in [0.3, 0.4) is 0 Å². The van der Waals surface area contributed by atoms with Gasteiger partial charge in [0, 0.05) is 37.5 Å². The molecular weight excluding hydrogens is 496 g/mol. The Morgan fingerprint density at radius 2 is 1.95 bits per heavy atom. The van der Waals surface area contributed by atoms with E-state index in [1.54, 1.807) is 7.11 Å². The fourth-order valence-corrected chi connectivity index (χ4v) is 7.18.